The number of aromatic nitrogens is 2. The molecule has 1 aliphatic rings. The molecule has 1 saturated heterocycles. The normalized spacial score (nSPS) is 22.4. The molecule has 0 radical (unpaired) electrons. The number of aliphatic hydroxyl groups is 2. The van der Waals surface area contributed by atoms with E-state index in [1.807, 2.05) is 13.0 Å². The van der Waals surface area contributed by atoms with Crippen molar-refractivity contribution < 1.29 is 37.7 Å². The molecule has 1 aromatic carbocycles. The number of hydrogen-bond donors (Lipinski definition) is 5. The molecule has 13 nitrogen and oxygen atoms in total. The summed E-state index contributed by atoms with van der Waals surface area (Å²) in [5.74, 6) is -0.940. The Hall–Kier alpha value is -3.04. The Balaban J connectivity index is 1.69. The maximum atomic E-state index is 12.2. The lowest BCUT2D eigenvalue weighted by Gasteiger charge is -2.20. The molecule has 206 valence electrons. The number of fused-ring (bicyclic) bond motifs is 1. The first-order valence-electron chi connectivity index (χ1n) is 11.4. The van der Waals surface area contributed by atoms with Gasteiger partial charge in [-0.2, -0.15) is 10.5 Å². The molecule has 2 aromatic heterocycles. The Morgan fingerprint density at radius 3 is 2.59 bits per heavy atom. The van der Waals surface area contributed by atoms with Gasteiger partial charge >= 0.3 is 7.60 Å². The third-order valence-electron chi connectivity index (χ3n) is 6.20. The molecular formula is C23H23ClN5O8PS. The lowest BCUT2D eigenvalue weighted by molar-refractivity contribution is -0.0288. The quantitative estimate of drug-likeness (QED) is 0.186. The van der Waals surface area contributed by atoms with E-state index < -0.39 is 53.2 Å². The molecule has 3 heterocycles. The highest BCUT2D eigenvalue weighted by molar-refractivity contribution is 7.97. The minimum atomic E-state index is -4.90. The zero-order chi connectivity index (χ0) is 28.7. The third-order valence-corrected chi connectivity index (χ3v) is 10.2. The highest BCUT2D eigenvalue weighted by Gasteiger charge is 2.46. The van der Waals surface area contributed by atoms with Crippen molar-refractivity contribution in [2.75, 3.05) is 16.6 Å². The summed E-state index contributed by atoms with van der Waals surface area (Å²) in [5.41, 5.74) is 0.284. The molecule has 5 N–H and O–H groups in total. The number of halogens is 1. The van der Waals surface area contributed by atoms with Gasteiger partial charge in [0.2, 0.25) is 0 Å². The van der Waals surface area contributed by atoms with E-state index in [2.05, 4.69) is 16.4 Å². The molecule has 0 saturated carbocycles. The van der Waals surface area contributed by atoms with Crippen molar-refractivity contribution in [3.8, 4) is 12.1 Å². The van der Waals surface area contributed by atoms with Crippen LogP contribution in [-0.4, -0.2) is 67.5 Å². The molecule has 0 unspecified atom stereocenters. The Morgan fingerprint density at radius 1 is 1.23 bits per heavy atom. The first-order chi connectivity index (χ1) is 18.2. The molecule has 1 fully saturated rings. The summed E-state index contributed by atoms with van der Waals surface area (Å²) in [6.07, 6.45) is -4.69. The number of ether oxygens (including phenoxy) is 1. The monoisotopic (exact) mass is 595 g/mol. The van der Waals surface area contributed by atoms with Crippen molar-refractivity contribution in [2.45, 2.75) is 37.5 Å². The summed E-state index contributed by atoms with van der Waals surface area (Å²) in [5, 5.41) is 43.6. The molecule has 0 spiro atoms. The number of sulfone groups is 1. The van der Waals surface area contributed by atoms with Gasteiger partial charge in [0.05, 0.1) is 23.1 Å². The summed E-state index contributed by atoms with van der Waals surface area (Å²) < 4.78 is 42.6. The summed E-state index contributed by atoms with van der Waals surface area (Å²) >= 11 is 6.33. The standard InChI is InChI=1S/C23H23ClN5O8PS/c1-12(14-4-2-3-13(7-14)8-25)27-18-15-5-6-29(22(15)28-21(24)16(18)9-26)23-20(31)19(30)17(37-23)10-39(35,36)11-38(32,33)34/h2-7,12,17,19-20,23,30-31H,10-11H2,1H3,(H,27,28)(H2,32,33,34)/t12-,17-,19-,20-,23-/m1/s1. The van der Waals surface area contributed by atoms with Crippen molar-refractivity contribution in [3.05, 3.63) is 58.4 Å². The molecule has 3 aromatic rings. The zero-order valence-electron chi connectivity index (χ0n) is 20.2. The van der Waals surface area contributed by atoms with E-state index in [0.29, 0.717) is 16.6 Å². The smallest absolute Gasteiger partial charge is 0.340 e. The van der Waals surface area contributed by atoms with E-state index in [-0.39, 0.29) is 22.4 Å². The fourth-order valence-corrected chi connectivity index (χ4v) is 7.89. The predicted molar refractivity (Wildman–Crippen MR) is 139 cm³/mol. The molecular weight excluding hydrogens is 573 g/mol. The SMILES string of the molecule is C[C@@H](Nc1c(C#N)c(Cl)nc2c1ccn2[C@@H]1O[C@H](CS(=O)(=O)CP(=O)(O)O)[C@@H](O)[C@H]1O)c1cccc(C#N)c1. The molecule has 39 heavy (non-hydrogen) atoms. The van der Waals surface area contributed by atoms with Crippen LogP contribution in [-0.2, 0) is 19.1 Å². The highest BCUT2D eigenvalue weighted by Crippen LogP contribution is 2.40. The van der Waals surface area contributed by atoms with Crippen LogP contribution in [0.1, 0.15) is 35.9 Å². The predicted octanol–water partition coefficient (Wildman–Crippen LogP) is 1.78. The van der Waals surface area contributed by atoms with Crippen LogP contribution in [0.15, 0.2) is 36.5 Å². The second-order valence-corrected chi connectivity index (χ2v) is 13.6. The van der Waals surface area contributed by atoms with Gasteiger partial charge in [-0.05, 0) is 30.7 Å². The van der Waals surface area contributed by atoms with Crippen LogP contribution in [0, 0.1) is 22.7 Å². The lowest BCUT2D eigenvalue weighted by Crippen LogP contribution is -2.35. The molecule has 0 aliphatic carbocycles. The van der Waals surface area contributed by atoms with Gasteiger partial charge in [-0.3, -0.25) is 4.57 Å². The average Bonchev–Trinajstić information content (AvgIpc) is 3.38. The third kappa shape index (κ3) is 6.09. The molecule has 0 amide bonds. The highest BCUT2D eigenvalue weighted by atomic mass is 35.5. The van der Waals surface area contributed by atoms with E-state index in [0.717, 1.165) is 5.56 Å². The largest absolute Gasteiger partial charge is 0.387 e. The van der Waals surface area contributed by atoms with Crippen LogP contribution in [0.4, 0.5) is 5.69 Å². The summed E-state index contributed by atoms with van der Waals surface area (Å²) in [6.45, 7) is 1.82. The number of pyridine rings is 1. The van der Waals surface area contributed by atoms with Gasteiger partial charge in [-0.1, -0.05) is 23.7 Å². The fourth-order valence-electron chi connectivity index (χ4n) is 4.43. The van der Waals surface area contributed by atoms with Crippen molar-refractivity contribution in [1.29, 1.82) is 10.5 Å². The Labute approximate surface area is 227 Å². The van der Waals surface area contributed by atoms with Crippen LogP contribution < -0.4 is 5.32 Å². The number of nitriles is 2. The van der Waals surface area contributed by atoms with Crippen molar-refractivity contribution in [3.63, 3.8) is 0 Å². The number of nitrogens with zero attached hydrogens (tertiary/aromatic N) is 4. The second kappa shape index (κ2) is 10.8. The van der Waals surface area contributed by atoms with Gasteiger partial charge in [0.1, 0.15) is 35.6 Å². The topological polar surface area (TPSA) is 219 Å². The van der Waals surface area contributed by atoms with Gasteiger partial charge in [0.15, 0.2) is 26.7 Å². The van der Waals surface area contributed by atoms with Gasteiger partial charge in [-0.15, -0.1) is 0 Å². The number of rotatable bonds is 8. The van der Waals surface area contributed by atoms with Crippen LogP contribution in [0.5, 0.6) is 0 Å². The summed E-state index contributed by atoms with van der Waals surface area (Å²) in [4.78, 5) is 22.3. The first kappa shape index (κ1) is 29.0. The van der Waals surface area contributed by atoms with E-state index >= 15 is 0 Å². The van der Waals surface area contributed by atoms with Crippen LogP contribution in [0.2, 0.25) is 5.15 Å². The van der Waals surface area contributed by atoms with Crippen LogP contribution >= 0.6 is 19.2 Å². The molecule has 4 rings (SSSR count). The molecule has 1 aliphatic heterocycles. The molecule has 0 bridgehead atoms. The second-order valence-electron chi connectivity index (χ2n) is 9.08. The number of aliphatic hydroxyl groups excluding tert-OH is 2. The average molecular weight is 596 g/mol. The summed E-state index contributed by atoms with van der Waals surface area (Å²) in [7, 11) is -9.25. The van der Waals surface area contributed by atoms with E-state index in [1.165, 1.54) is 10.8 Å². The number of anilines is 1. The number of benzene rings is 1. The molecule has 5 atom stereocenters. The zero-order valence-corrected chi connectivity index (χ0v) is 22.7. The van der Waals surface area contributed by atoms with E-state index in [1.54, 1.807) is 30.3 Å². The van der Waals surface area contributed by atoms with Crippen molar-refractivity contribution >= 4 is 45.8 Å². The maximum Gasteiger partial charge on any atom is 0.340 e. The minimum absolute atomic E-state index is 0.0412. The van der Waals surface area contributed by atoms with Gasteiger partial charge in [0.25, 0.3) is 0 Å². The van der Waals surface area contributed by atoms with E-state index in [4.69, 9.17) is 26.1 Å². The van der Waals surface area contributed by atoms with Gasteiger partial charge in [-0.25, -0.2) is 13.4 Å². The fraction of sp³-hybridized carbons (Fsp3) is 0.348. The van der Waals surface area contributed by atoms with Crippen LogP contribution in [0.25, 0.3) is 11.0 Å². The first-order valence-corrected chi connectivity index (χ1v) is 15.4. The minimum Gasteiger partial charge on any atom is -0.387 e. The van der Waals surface area contributed by atoms with Crippen LogP contribution in [0.3, 0.4) is 0 Å². The lowest BCUT2D eigenvalue weighted by atomic mass is 10.0. The summed E-state index contributed by atoms with van der Waals surface area (Å²) in [6, 6.07) is 12.2. The van der Waals surface area contributed by atoms with Gasteiger partial charge < -0.3 is 34.6 Å². The maximum absolute atomic E-state index is 12.2. The number of nitrogens with one attached hydrogen (secondary N) is 1. The Kier molecular flexibility index (Phi) is 8.06. The number of hydrogen-bond acceptors (Lipinski definition) is 10. The van der Waals surface area contributed by atoms with E-state index in [9.17, 15) is 33.7 Å². The van der Waals surface area contributed by atoms with Crippen molar-refractivity contribution in [1.82, 2.24) is 9.55 Å². The van der Waals surface area contributed by atoms with Gasteiger partial charge in [0, 0.05) is 17.6 Å². The Bertz CT molecular complexity index is 1660. The Morgan fingerprint density at radius 2 is 1.95 bits per heavy atom. The molecule has 16 heteroatoms. The van der Waals surface area contributed by atoms with Crippen molar-refractivity contribution in [2.24, 2.45) is 0 Å².